The number of hydrogen-bond donors (Lipinski definition) is 1. The summed E-state index contributed by atoms with van der Waals surface area (Å²) in [5.41, 5.74) is 2.02. The third kappa shape index (κ3) is 4.81. The molecule has 0 saturated heterocycles. The number of unbranched alkanes of at least 4 members (excludes halogenated alkanes) is 1. The highest BCUT2D eigenvalue weighted by Gasteiger charge is 2.15. The van der Waals surface area contributed by atoms with Crippen molar-refractivity contribution in [2.75, 3.05) is 5.32 Å². The number of rotatable bonds is 6. The average Bonchev–Trinajstić information content (AvgIpc) is 2.28. The molecule has 0 aliphatic heterocycles. The molecule has 1 atom stereocenters. The zero-order chi connectivity index (χ0) is 13.5. The van der Waals surface area contributed by atoms with Crippen molar-refractivity contribution in [3.05, 3.63) is 28.2 Å². The molecule has 1 rings (SSSR count). The molecular weight excluding hydrogens is 290 g/mol. The Morgan fingerprint density at radius 3 is 2.61 bits per heavy atom. The van der Waals surface area contributed by atoms with E-state index in [1.807, 2.05) is 25.1 Å². The van der Waals surface area contributed by atoms with Crippen LogP contribution in [-0.2, 0) is 4.79 Å². The van der Waals surface area contributed by atoms with Crippen LogP contribution in [0.15, 0.2) is 22.7 Å². The standard InChI is InChI=1S/C15H22BrNO/c1-4-6-7-12(5-2)15(18)17-14-9-11(3)8-13(16)10-14/h8-10,12H,4-7H2,1-3H3,(H,17,18). The second-order valence-corrected chi connectivity index (χ2v) is 5.67. The number of carbonyl (C=O) groups excluding carboxylic acids is 1. The van der Waals surface area contributed by atoms with Gasteiger partial charge < -0.3 is 5.32 Å². The summed E-state index contributed by atoms with van der Waals surface area (Å²) < 4.78 is 0.999. The van der Waals surface area contributed by atoms with Crippen LogP contribution in [0, 0.1) is 12.8 Å². The summed E-state index contributed by atoms with van der Waals surface area (Å²) in [7, 11) is 0. The molecule has 1 N–H and O–H groups in total. The Morgan fingerprint density at radius 2 is 2.06 bits per heavy atom. The Kier molecular flexibility index (Phi) is 6.41. The Balaban J connectivity index is 2.67. The summed E-state index contributed by atoms with van der Waals surface area (Å²) in [5, 5.41) is 3.01. The molecule has 2 nitrogen and oxygen atoms in total. The second kappa shape index (κ2) is 7.57. The zero-order valence-corrected chi connectivity index (χ0v) is 13.0. The van der Waals surface area contributed by atoms with E-state index in [2.05, 4.69) is 35.1 Å². The van der Waals surface area contributed by atoms with E-state index in [1.165, 1.54) is 0 Å². The van der Waals surface area contributed by atoms with E-state index in [9.17, 15) is 4.79 Å². The quantitative estimate of drug-likeness (QED) is 0.794. The lowest BCUT2D eigenvalue weighted by Gasteiger charge is -2.15. The maximum atomic E-state index is 12.1. The molecule has 0 saturated carbocycles. The first-order chi connectivity index (χ1) is 8.56. The van der Waals surface area contributed by atoms with Gasteiger partial charge in [0.2, 0.25) is 5.91 Å². The molecule has 0 fully saturated rings. The average molecular weight is 312 g/mol. The largest absolute Gasteiger partial charge is 0.326 e. The van der Waals surface area contributed by atoms with Crippen LogP contribution in [0.2, 0.25) is 0 Å². The van der Waals surface area contributed by atoms with Crippen LogP contribution in [0.5, 0.6) is 0 Å². The van der Waals surface area contributed by atoms with Crippen LogP contribution in [0.25, 0.3) is 0 Å². The first-order valence-corrected chi connectivity index (χ1v) is 7.44. The molecule has 0 aliphatic carbocycles. The molecule has 0 bridgehead atoms. The molecule has 0 aliphatic rings. The molecule has 1 unspecified atom stereocenters. The van der Waals surface area contributed by atoms with E-state index < -0.39 is 0 Å². The van der Waals surface area contributed by atoms with Crippen molar-refractivity contribution in [1.29, 1.82) is 0 Å². The van der Waals surface area contributed by atoms with Gasteiger partial charge in [-0.1, -0.05) is 42.6 Å². The van der Waals surface area contributed by atoms with Crippen molar-refractivity contribution in [3.63, 3.8) is 0 Å². The predicted octanol–water partition coefficient (Wildman–Crippen LogP) is 4.91. The summed E-state index contributed by atoms with van der Waals surface area (Å²) >= 11 is 3.45. The molecule has 1 amide bonds. The first-order valence-electron chi connectivity index (χ1n) is 6.64. The van der Waals surface area contributed by atoms with Crippen molar-refractivity contribution >= 4 is 27.5 Å². The van der Waals surface area contributed by atoms with Gasteiger partial charge in [-0.05, 0) is 43.5 Å². The van der Waals surface area contributed by atoms with Crippen molar-refractivity contribution in [3.8, 4) is 0 Å². The molecule has 0 radical (unpaired) electrons. The fourth-order valence-corrected chi connectivity index (χ4v) is 2.63. The fraction of sp³-hybridized carbons (Fsp3) is 0.533. The van der Waals surface area contributed by atoms with Crippen molar-refractivity contribution in [2.45, 2.75) is 46.5 Å². The van der Waals surface area contributed by atoms with Gasteiger partial charge in [0.15, 0.2) is 0 Å². The highest BCUT2D eigenvalue weighted by Crippen LogP contribution is 2.21. The molecule has 18 heavy (non-hydrogen) atoms. The highest BCUT2D eigenvalue weighted by molar-refractivity contribution is 9.10. The van der Waals surface area contributed by atoms with Gasteiger partial charge in [0, 0.05) is 16.1 Å². The number of nitrogens with one attached hydrogen (secondary N) is 1. The zero-order valence-electron chi connectivity index (χ0n) is 11.4. The molecule has 0 aromatic heterocycles. The minimum atomic E-state index is 0.129. The fourth-order valence-electron chi connectivity index (χ4n) is 2.02. The minimum Gasteiger partial charge on any atom is -0.326 e. The number of amides is 1. The molecule has 3 heteroatoms. The molecular formula is C15H22BrNO. The predicted molar refractivity (Wildman–Crippen MR) is 80.8 cm³/mol. The lowest BCUT2D eigenvalue weighted by molar-refractivity contribution is -0.120. The van der Waals surface area contributed by atoms with E-state index in [-0.39, 0.29) is 11.8 Å². The first kappa shape index (κ1) is 15.2. The second-order valence-electron chi connectivity index (χ2n) is 4.75. The molecule has 100 valence electrons. The van der Waals surface area contributed by atoms with E-state index in [1.54, 1.807) is 0 Å². The van der Waals surface area contributed by atoms with Gasteiger partial charge in [-0.3, -0.25) is 4.79 Å². The number of carbonyl (C=O) groups is 1. The van der Waals surface area contributed by atoms with Gasteiger partial charge >= 0.3 is 0 Å². The minimum absolute atomic E-state index is 0.129. The summed E-state index contributed by atoms with van der Waals surface area (Å²) in [5.74, 6) is 0.271. The Labute approximate surface area is 118 Å². The Morgan fingerprint density at radius 1 is 1.33 bits per heavy atom. The van der Waals surface area contributed by atoms with Gasteiger partial charge in [-0.2, -0.15) is 0 Å². The van der Waals surface area contributed by atoms with Gasteiger partial charge in [-0.15, -0.1) is 0 Å². The third-order valence-corrected chi connectivity index (χ3v) is 3.54. The van der Waals surface area contributed by atoms with Gasteiger partial charge in [0.05, 0.1) is 0 Å². The summed E-state index contributed by atoms with van der Waals surface area (Å²) in [6, 6.07) is 5.97. The van der Waals surface area contributed by atoms with Crippen molar-refractivity contribution < 1.29 is 4.79 Å². The van der Waals surface area contributed by atoms with E-state index in [0.717, 1.165) is 41.4 Å². The van der Waals surface area contributed by atoms with Crippen LogP contribution in [-0.4, -0.2) is 5.91 Å². The van der Waals surface area contributed by atoms with Gasteiger partial charge in [0.1, 0.15) is 0 Å². The smallest absolute Gasteiger partial charge is 0.227 e. The summed E-state index contributed by atoms with van der Waals surface area (Å²) in [4.78, 5) is 12.1. The van der Waals surface area contributed by atoms with E-state index >= 15 is 0 Å². The van der Waals surface area contributed by atoms with Crippen molar-refractivity contribution in [1.82, 2.24) is 0 Å². The lowest BCUT2D eigenvalue weighted by Crippen LogP contribution is -2.22. The maximum Gasteiger partial charge on any atom is 0.227 e. The highest BCUT2D eigenvalue weighted by atomic mass is 79.9. The Hall–Kier alpha value is -0.830. The maximum absolute atomic E-state index is 12.1. The summed E-state index contributed by atoms with van der Waals surface area (Å²) in [6.07, 6.45) is 4.13. The normalized spacial score (nSPS) is 12.2. The molecule has 1 aromatic rings. The van der Waals surface area contributed by atoms with Crippen LogP contribution < -0.4 is 5.32 Å². The number of benzene rings is 1. The molecule has 0 spiro atoms. The molecule has 0 heterocycles. The van der Waals surface area contributed by atoms with Crippen LogP contribution >= 0.6 is 15.9 Å². The van der Waals surface area contributed by atoms with Crippen molar-refractivity contribution in [2.24, 2.45) is 5.92 Å². The van der Waals surface area contributed by atoms with Gasteiger partial charge in [-0.25, -0.2) is 0 Å². The monoisotopic (exact) mass is 311 g/mol. The van der Waals surface area contributed by atoms with Crippen LogP contribution in [0.4, 0.5) is 5.69 Å². The number of aryl methyl sites for hydroxylation is 1. The number of hydrogen-bond acceptors (Lipinski definition) is 1. The van der Waals surface area contributed by atoms with E-state index in [4.69, 9.17) is 0 Å². The summed E-state index contributed by atoms with van der Waals surface area (Å²) in [6.45, 7) is 6.25. The van der Waals surface area contributed by atoms with Crippen LogP contribution in [0.3, 0.4) is 0 Å². The Bertz CT molecular complexity index is 383. The molecule has 1 aromatic carbocycles. The SMILES string of the molecule is CCCCC(CC)C(=O)Nc1cc(C)cc(Br)c1. The lowest BCUT2D eigenvalue weighted by atomic mass is 9.98. The van der Waals surface area contributed by atoms with E-state index in [0.29, 0.717) is 0 Å². The van der Waals surface area contributed by atoms with Crippen LogP contribution in [0.1, 0.15) is 45.1 Å². The topological polar surface area (TPSA) is 29.1 Å². The number of anilines is 1. The third-order valence-electron chi connectivity index (χ3n) is 3.08. The van der Waals surface area contributed by atoms with Gasteiger partial charge in [0.25, 0.3) is 0 Å². The number of halogens is 1.